The summed E-state index contributed by atoms with van der Waals surface area (Å²) < 4.78 is 0. The standard InChI is InChI=1S/C17H20Cl2O2P2/c1-12(16-11-14(18)7-10-17(16)19)3-4-13-5-8-15(9-6-13)23(21)22(2)20/h5-12,20-21H,3-4H2,1-2H3. The van der Waals surface area contributed by atoms with Crippen molar-refractivity contribution in [2.45, 2.75) is 25.7 Å². The van der Waals surface area contributed by atoms with Crippen LogP contribution in [0.3, 0.4) is 0 Å². The van der Waals surface area contributed by atoms with Crippen LogP contribution in [0.1, 0.15) is 30.4 Å². The Hall–Kier alpha value is -0.200. The van der Waals surface area contributed by atoms with Crippen molar-refractivity contribution in [1.82, 2.24) is 0 Å². The third-order valence-corrected chi connectivity index (χ3v) is 8.02. The Bertz CT molecular complexity index is 648. The van der Waals surface area contributed by atoms with Crippen molar-refractivity contribution < 1.29 is 9.79 Å². The third kappa shape index (κ3) is 5.40. The fourth-order valence-electron chi connectivity index (χ4n) is 2.39. The summed E-state index contributed by atoms with van der Waals surface area (Å²) in [6, 6.07) is 13.4. The lowest BCUT2D eigenvalue weighted by Gasteiger charge is -2.15. The lowest BCUT2D eigenvalue weighted by molar-refractivity contribution is 0.619. The molecule has 0 fully saturated rings. The molecule has 0 radical (unpaired) electrons. The lowest BCUT2D eigenvalue weighted by atomic mass is 9.94. The van der Waals surface area contributed by atoms with E-state index in [1.807, 2.05) is 36.4 Å². The number of halogens is 2. The van der Waals surface area contributed by atoms with Gasteiger partial charge >= 0.3 is 0 Å². The molecule has 0 aliphatic rings. The Morgan fingerprint density at radius 3 is 2.30 bits per heavy atom. The molecule has 6 heteroatoms. The van der Waals surface area contributed by atoms with E-state index in [9.17, 15) is 9.79 Å². The number of benzene rings is 2. The molecular formula is C17H20Cl2O2P2. The highest BCUT2D eigenvalue weighted by Gasteiger charge is 2.14. The van der Waals surface area contributed by atoms with E-state index in [2.05, 4.69) is 6.92 Å². The Balaban J connectivity index is 1.99. The van der Waals surface area contributed by atoms with Gasteiger partial charge in [-0.05, 0) is 54.8 Å². The van der Waals surface area contributed by atoms with E-state index in [4.69, 9.17) is 23.2 Å². The molecule has 0 saturated carbocycles. The van der Waals surface area contributed by atoms with Crippen LogP contribution >= 0.6 is 38.9 Å². The topological polar surface area (TPSA) is 40.5 Å². The second-order valence-electron chi connectivity index (χ2n) is 5.55. The third-order valence-electron chi connectivity index (χ3n) is 3.80. The average molecular weight is 389 g/mol. The van der Waals surface area contributed by atoms with Crippen LogP contribution in [-0.4, -0.2) is 16.5 Å². The molecule has 0 bridgehead atoms. The van der Waals surface area contributed by atoms with E-state index in [0.29, 0.717) is 10.9 Å². The van der Waals surface area contributed by atoms with Crippen LogP contribution in [0.25, 0.3) is 0 Å². The summed E-state index contributed by atoms with van der Waals surface area (Å²) in [6.07, 6.45) is 1.89. The van der Waals surface area contributed by atoms with Crippen molar-refractivity contribution >= 4 is 44.2 Å². The summed E-state index contributed by atoms with van der Waals surface area (Å²) in [5.74, 6) is 0.316. The molecule has 2 N–H and O–H groups in total. The van der Waals surface area contributed by atoms with Gasteiger partial charge in [0.15, 0.2) is 0 Å². The van der Waals surface area contributed by atoms with E-state index in [1.54, 1.807) is 12.7 Å². The summed E-state index contributed by atoms with van der Waals surface area (Å²) in [7, 11) is -2.73. The Morgan fingerprint density at radius 2 is 1.70 bits per heavy atom. The van der Waals surface area contributed by atoms with Gasteiger partial charge in [0, 0.05) is 15.3 Å². The number of aryl methyl sites for hydroxylation is 1. The Kier molecular flexibility index (Phi) is 7.29. The van der Waals surface area contributed by atoms with Crippen LogP contribution in [0.15, 0.2) is 42.5 Å². The van der Waals surface area contributed by atoms with Crippen LogP contribution < -0.4 is 5.30 Å². The smallest absolute Gasteiger partial charge is 0.108 e. The monoisotopic (exact) mass is 388 g/mol. The lowest BCUT2D eigenvalue weighted by Crippen LogP contribution is -2.01. The first kappa shape index (κ1) is 19.1. The largest absolute Gasteiger partial charge is 0.367 e. The first-order valence-electron chi connectivity index (χ1n) is 7.34. The average Bonchev–Trinajstić information content (AvgIpc) is 2.54. The van der Waals surface area contributed by atoms with Gasteiger partial charge in [-0.2, -0.15) is 0 Å². The van der Waals surface area contributed by atoms with Gasteiger partial charge in [0.25, 0.3) is 0 Å². The maximum absolute atomic E-state index is 9.93. The van der Waals surface area contributed by atoms with Gasteiger partial charge in [0.1, 0.15) is 7.84 Å². The van der Waals surface area contributed by atoms with E-state index >= 15 is 0 Å². The van der Waals surface area contributed by atoms with E-state index in [1.165, 1.54) is 5.56 Å². The maximum atomic E-state index is 9.93. The quantitative estimate of drug-likeness (QED) is 0.625. The van der Waals surface area contributed by atoms with Crippen molar-refractivity contribution in [3.8, 4) is 0 Å². The number of hydrogen-bond acceptors (Lipinski definition) is 2. The zero-order valence-corrected chi connectivity index (χ0v) is 16.4. The van der Waals surface area contributed by atoms with Crippen LogP contribution in [0.4, 0.5) is 0 Å². The van der Waals surface area contributed by atoms with Gasteiger partial charge in [0.2, 0.25) is 0 Å². The minimum Gasteiger partial charge on any atom is -0.367 e. The summed E-state index contributed by atoms with van der Waals surface area (Å²) in [6.45, 7) is 3.82. The second kappa shape index (κ2) is 8.77. The summed E-state index contributed by atoms with van der Waals surface area (Å²) >= 11 is 12.3. The SMILES string of the molecule is CC(CCc1ccc(P(O)P(C)O)cc1)c1cc(Cl)ccc1Cl. The minimum atomic E-state index is -1.42. The number of rotatable bonds is 6. The molecule has 3 atom stereocenters. The van der Waals surface area contributed by atoms with E-state index < -0.39 is 15.7 Å². The molecule has 0 spiro atoms. The summed E-state index contributed by atoms with van der Waals surface area (Å²) in [5, 5.41) is 2.28. The molecule has 0 heterocycles. The summed E-state index contributed by atoms with van der Waals surface area (Å²) in [5.41, 5.74) is 2.28. The predicted molar refractivity (Wildman–Crippen MR) is 103 cm³/mol. The molecule has 0 saturated heterocycles. The van der Waals surface area contributed by atoms with Gasteiger partial charge in [-0.15, -0.1) is 0 Å². The Labute approximate surface area is 150 Å². The second-order valence-corrected chi connectivity index (χ2v) is 11.3. The molecule has 2 rings (SSSR count). The molecule has 0 aliphatic carbocycles. The highest BCUT2D eigenvalue weighted by molar-refractivity contribution is 8.27. The van der Waals surface area contributed by atoms with Crippen LogP contribution in [-0.2, 0) is 6.42 Å². The molecule has 3 unspecified atom stereocenters. The van der Waals surface area contributed by atoms with Crippen LogP contribution in [0.2, 0.25) is 10.0 Å². The van der Waals surface area contributed by atoms with Gasteiger partial charge in [-0.25, -0.2) is 0 Å². The molecule has 23 heavy (non-hydrogen) atoms. The minimum absolute atomic E-state index is 0.316. The normalized spacial score (nSPS) is 15.2. The molecule has 0 amide bonds. The van der Waals surface area contributed by atoms with Crippen molar-refractivity contribution in [3.63, 3.8) is 0 Å². The highest BCUT2D eigenvalue weighted by Crippen LogP contribution is 2.59. The Morgan fingerprint density at radius 1 is 1.04 bits per heavy atom. The molecule has 2 aromatic rings. The van der Waals surface area contributed by atoms with Gasteiger partial charge < -0.3 is 9.79 Å². The van der Waals surface area contributed by atoms with Crippen LogP contribution in [0, 0.1) is 0 Å². The van der Waals surface area contributed by atoms with Crippen molar-refractivity contribution in [2.24, 2.45) is 0 Å². The fraction of sp³-hybridized carbons (Fsp3) is 0.294. The van der Waals surface area contributed by atoms with Crippen LogP contribution in [0.5, 0.6) is 0 Å². The molecule has 124 valence electrons. The first-order chi connectivity index (χ1) is 10.9. The first-order valence-corrected chi connectivity index (χ1v) is 11.8. The van der Waals surface area contributed by atoms with Gasteiger partial charge in [-0.3, -0.25) is 0 Å². The van der Waals surface area contributed by atoms with E-state index in [-0.39, 0.29) is 0 Å². The molecule has 0 aromatic heterocycles. The molecule has 2 aromatic carbocycles. The summed E-state index contributed by atoms with van der Waals surface area (Å²) in [4.78, 5) is 19.4. The fourth-order valence-corrected chi connectivity index (χ4v) is 5.03. The highest BCUT2D eigenvalue weighted by atomic mass is 35.5. The van der Waals surface area contributed by atoms with Gasteiger partial charge in [-0.1, -0.05) is 54.4 Å². The zero-order valence-electron chi connectivity index (χ0n) is 13.1. The zero-order chi connectivity index (χ0) is 17.0. The molecule has 0 aliphatic heterocycles. The van der Waals surface area contributed by atoms with E-state index in [0.717, 1.165) is 28.7 Å². The molecule has 2 nitrogen and oxygen atoms in total. The number of hydrogen-bond donors (Lipinski definition) is 2. The van der Waals surface area contributed by atoms with Crippen molar-refractivity contribution in [3.05, 3.63) is 63.6 Å². The van der Waals surface area contributed by atoms with Crippen molar-refractivity contribution in [1.29, 1.82) is 0 Å². The van der Waals surface area contributed by atoms with Crippen molar-refractivity contribution in [2.75, 3.05) is 6.66 Å². The van der Waals surface area contributed by atoms with Gasteiger partial charge in [0.05, 0.1) is 7.84 Å². The predicted octanol–water partition coefficient (Wildman–Crippen LogP) is 5.68. The molecular weight excluding hydrogens is 369 g/mol. The maximum Gasteiger partial charge on any atom is 0.108 e.